The molecule has 0 amide bonds. The predicted octanol–water partition coefficient (Wildman–Crippen LogP) is 1.91. The zero-order valence-corrected chi connectivity index (χ0v) is 16.0. The van der Waals surface area contributed by atoms with Crippen LogP contribution in [0, 0.1) is 0 Å². The standard InChI is InChI=1S/C18H29BO6/c1-7-8-9-24-15-11-13(16(20)23-6)10-14(12-15)19(22)25-18(4,5)17(2,3)21/h10-12,21-22H,7-9H2,1-6H3. The molecule has 0 fully saturated rings. The topological polar surface area (TPSA) is 85.2 Å². The van der Waals surface area contributed by atoms with Crippen molar-refractivity contribution < 1.29 is 29.1 Å². The monoisotopic (exact) mass is 352 g/mol. The number of unbranched alkanes of at least 4 members (excludes halogenated alkanes) is 1. The van der Waals surface area contributed by atoms with E-state index >= 15 is 0 Å². The van der Waals surface area contributed by atoms with Crippen molar-refractivity contribution in [3.05, 3.63) is 23.8 Å². The van der Waals surface area contributed by atoms with Crippen LogP contribution in [0.3, 0.4) is 0 Å². The summed E-state index contributed by atoms with van der Waals surface area (Å²) in [5.74, 6) is -0.0776. The lowest BCUT2D eigenvalue weighted by molar-refractivity contribution is -0.0982. The van der Waals surface area contributed by atoms with Crippen LogP contribution in [-0.2, 0) is 9.39 Å². The highest BCUT2D eigenvalue weighted by atomic mass is 16.5. The fraction of sp³-hybridized carbons (Fsp3) is 0.611. The second-order valence-electron chi connectivity index (χ2n) is 7.02. The molecule has 0 bridgehead atoms. The van der Waals surface area contributed by atoms with Crippen LogP contribution in [0.1, 0.15) is 57.8 Å². The molecule has 2 N–H and O–H groups in total. The van der Waals surface area contributed by atoms with E-state index in [1.165, 1.54) is 13.2 Å². The molecule has 0 saturated carbocycles. The van der Waals surface area contributed by atoms with Crippen LogP contribution in [0.15, 0.2) is 18.2 Å². The molecule has 0 unspecified atom stereocenters. The van der Waals surface area contributed by atoms with Crippen LogP contribution in [0.4, 0.5) is 0 Å². The third kappa shape index (κ3) is 6.02. The van der Waals surface area contributed by atoms with Crippen LogP contribution < -0.4 is 10.2 Å². The molecule has 1 rings (SSSR count). The fourth-order valence-electron chi connectivity index (χ4n) is 1.91. The van der Waals surface area contributed by atoms with Crippen LogP contribution in [0.25, 0.3) is 0 Å². The Bertz CT molecular complexity index is 579. The van der Waals surface area contributed by atoms with Crippen molar-refractivity contribution in [1.82, 2.24) is 0 Å². The van der Waals surface area contributed by atoms with Crippen molar-refractivity contribution in [2.75, 3.05) is 13.7 Å². The zero-order chi connectivity index (χ0) is 19.3. The van der Waals surface area contributed by atoms with Gasteiger partial charge in [0.1, 0.15) is 5.75 Å². The minimum Gasteiger partial charge on any atom is -0.494 e. The fourth-order valence-corrected chi connectivity index (χ4v) is 1.91. The number of benzene rings is 1. The van der Waals surface area contributed by atoms with Crippen LogP contribution in [0.5, 0.6) is 5.75 Å². The maximum Gasteiger partial charge on any atom is 0.491 e. The molecule has 0 heterocycles. The summed E-state index contributed by atoms with van der Waals surface area (Å²) < 4.78 is 16.0. The molecule has 0 aliphatic rings. The summed E-state index contributed by atoms with van der Waals surface area (Å²) in [6, 6.07) is 4.68. The minimum atomic E-state index is -1.33. The van der Waals surface area contributed by atoms with Gasteiger partial charge in [-0.15, -0.1) is 0 Å². The molecule has 0 aliphatic heterocycles. The molecular formula is C18H29BO6. The highest BCUT2D eigenvalue weighted by Gasteiger charge is 2.39. The Kier molecular flexibility index (Phi) is 7.47. The van der Waals surface area contributed by atoms with E-state index in [9.17, 15) is 14.9 Å². The zero-order valence-electron chi connectivity index (χ0n) is 16.0. The van der Waals surface area contributed by atoms with Crippen molar-refractivity contribution in [2.24, 2.45) is 0 Å². The van der Waals surface area contributed by atoms with E-state index in [4.69, 9.17) is 14.1 Å². The molecule has 0 aliphatic carbocycles. The molecule has 0 spiro atoms. The SMILES string of the molecule is CCCCOc1cc(B(O)OC(C)(C)C(C)(C)O)cc(C(=O)OC)c1. The number of aliphatic hydroxyl groups is 1. The maximum atomic E-state index is 11.9. The molecule has 0 radical (unpaired) electrons. The lowest BCUT2D eigenvalue weighted by atomic mass is 9.76. The van der Waals surface area contributed by atoms with Crippen molar-refractivity contribution in [3.8, 4) is 5.75 Å². The molecule has 140 valence electrons. The van der Waals surface area contributed by atoms with Gasteiger partial charge in [-0.25, -0.2) is 4.79 Å². The van der Waals surface area contributed by atoms with Gasteiger partial charge < -0.3 is 24.3 Å². The Morgan fingerprint density at radius 2 is 1.84 bits per heavy atom. The van der Waals surface area contributed by atoms with Crippen LogP contribution >= 0.6 is 0 Å². The first-order chi connectivity index (χ1) is 11.5. The number of methoxy groups -OCH3 is 1. The first-order valence-corrected chi connectivity index (χ1v) is 8.46. The van der Waals surface area contributed by atoms with E-state index in [0.29, 0.717) is 17.8 Å². The Balaban J connectivity index is 3.10. The first-order valence-electron chi connectivity index (χ1n) is 8.46. The van der Waals surface area contributed by atoms with E-state index < -0.39 is 24.3 Å². The lowest BCUT2D eigenvalue weighted by Crippen LogP contribution is -2.53. The number of carbonyl (C=O) groups excluding carboxylic acids is 1. The van der Waals surface area contributed by atoms with Gasteiger partial charge in [0.2, 0.25) is 0 Å². The number of esters is 1. The minimum absolute atomic E-state index is 0.259. The first kappa shape index (κ1) is 21.5. The van der Waals surface area contributed by atoms with Crippen molar-refractivity contribution in [3.63, 3.8) is 0 Å². The van der Waals surface area contributed by atoms with Gasteiger partial charge in [0.15, 0.2) is 0 Å². The van der Waals surface area contributed by atoms with Gasteiger partial charge >= 0.3 is 13.1 Å². The third-order valence-electron chi connectivity index (χ3n) is 4.28. The Morgan fingerprint density at radius 3 is 2.36 bits per heavy atom. The van der Waals surface area contributed by atoms with E-state index in [2.05, 4.69) is 6.92 Å². The average Bonchev–Trinajstić information content (AvgIpc) is 2.52. The smallest absolute Gasteiger partial charge is 0.491 e. The van der Waals surface area contributed by atoms with Gasteiger partial charge in [-0.05, 0) is 57.8 Å². The summed E-state index contributed by atoms with van der Waals surface area (Å²) in [5, 5.41) is 20.6. The molecular weight excluding hydrogens is 323 g/mol. The van der Waals surface area contributed by atoms with E-state index in [1.807, 2.05) is 0 Å². The number of hydrogen-bond donors (Lipinski definition) is 2. The van der Waals surface area contributed by atoms with Crippen molar-refractivity contribution in [1.29, 1.82) is 0 Å². The quantitative estimate of drug-likeness (QED) is 0.401. The summed E-state index contributed by atoms with van der Waals surface area (Å²) in [6.45, 7) is 9.12. The molecule has 25 heavy (non-hydrogen) atoms. The summed E-state index contributed by atoms with van der Waals surface area (Å²) in [7, 11) is -0.0451. The van der Waals surface area contributed by atoms with E-state index in [-0.39, 0.29) is 5.56 Å². The second kappa shape index (κ2) is 8.69. The van der Waals surface area contributed by atoms with Gasteiger partial charge in [0.25, 0.3) is 0 Å². The Hall–Kier alpha value is -1.57. The van der Waals surface area contributed by atoms with E-state index in [0.717, 1.165) is 12.8 Å². The van der Waals surface area contributed by atoms with Crippen molar-refractivity contribution in [2.45, 2.75) is 58.7 Å². The summed E-state index contributed by atoms with van der Waals surface area (Å²) in [6.07, 6.45) is 1.86. The maximum absolute atomic E-state index is 11.9. The number of carbonyl (C=O) groups is 1. The molecule has 1 aromatic rings. The van der Waals surface area contributed by atoms with Crippen LogP contribution in [0.2, 0.25) is 0 Å². The Morgan fingerprint density at radius 1 is 1.20 bits per heavy atom. The predicted molar refractivity (Wildman–Crippen MR) is 97.3 cm³/mol. The number of ether oxygens (including phenoxy) is 2. The number of hydrogen-bond acceptors (Lipinski definition) is 6. The molecule has 0 aromatic heterocycles. The lowest BCUT2D eigenvalue weighted by Gasteiger charge is -2.38. The van der Waals surface area contributed by atoms with Gasteiger partial charge in [-0.3, -0.25) is 0 Å². The third-order valence-corrected chi connectivity index (χ3v) is 4.28. The average molecular weight is 352 g/mol. The highest BCUT2D eigenvalue weighted by Crippen LogP contribution is 2.25. The van der Waals surface area contributed by atoms with Gasteiger partial charge in [0.05, 0.1) is 30.5 Å². The van der Waals surface area contributed by atoms with Crippen molar-refractivity contribution >= 4 is 18.6 Å². The summed E-state index contributed by atoms with van der Waals surface area (Å²) in [5.41, 5.74) is -1.58. The largest absolute Gasteiger partial charge is 0.494 e. The van der Waals surface area contributed by atoms with Crippen LogP contribution in [-0.4, -0.2) is 48.1 Å². The normalized spacial score (nSPS) is 12.0. The molecule has 1 aromatic carbocycles. The molecule has 0 saturated heterocycles. The number of rotatable bonds is 9. The summed E-state index contributed by atoms with van der Waals surface area (Å²) >= 11 is 0. The van der Waals surface area contributed by atoms with Gasteiger partial charge in [0, 0.05) is 0 Å². The van der Waals surface area contributed by atoms with Gasteiger partial charge in [-0.2, -0.15) is 0 Å². The molecule has 0 atom stereocenters. The molecule has 6 nitrogen and oxygen atoms in total. The van der Waals surface area contributed by atoms with E-state index in [1.54, 1.807) is 39.8 Å². The highest BCUT2D eigenvalue weighted by molar-refractivity contribution is 6.60. The summed E-state index contributed by atoms with van der Waals surface area (Å²) in [4.78, 5) is 11.9. The molecule has 7 heteroatoms. The Labute approximate surface area is 150 Å². The van der Waals surface area contributed by atoms with Gasteiger partial charge in [-0.1, -0.05) is 13.3 Å². The second-order valence-corrected chi connectivity index (χ2v) is 7.02.